The van der Waals surface area contributed by atoms with Crippen molar-refractivity contribution in [2.24, 2.45) is 0 Å². The van der Waals surface area contributed by atoms with Gasteiger partial charge in [0.05, 0.1) is 0 Å². The molecule has 20 heavy (non-hydrogen) atoms. The summed E-state index contributed by atoms with van der Waals surface area (Å²) >= 11 is 0. The Morgan fingerprint density at radius 2 is 2.05 bits per heavy atom. The summed E-state index contributed by atoms with van der Waals surface area (Å²) < 4.78 is 0. The molecule has 1 aliphatic carbocycles. The largest absolute Gasteiger partial charge is 0.480 e. The fraction of sp³-hybridized carbons (Fsp3) is 0.857. The molecule has 0 spiro atoms. The summed E-state index contributed by atoms with van der Waals surface area (Å²) in [6.45, 7) is 4.58. The first-order valence-corrected chi connectivity index (χ1v) is 7.44. The number of nitrogens with zero attached hydrogens (tertiary/aromatic N) is 1. The topological polar surface area (TPSA) is 81.7 Å². The SMILES string of the molecule is CCCCC(NC(=O)NCC(C)N(C)C1CC1)C(=O)O. The van der Waals surface area contributed by atoms with Gasteiger partial charge in [-0.1, -0.05) is 19.8 Å². The van der Waals surface area contributed by atoms with Crippen LogP contribution in [0.5, 0.6) is 0 Å². The number of rotatable bonds is 9. The molecule has 0 aromatic rings. The number of hydrogen-bond donors (Lipinski definition) is 3. The Labute approximate surface area is 120 Å². The quantitative estimate of drug-likeness (QED) is 0.598. The van der Waals surface area contributed by atoms with Gasteiger partial charge in [0.15, 0.2) is 0 Å². The van der Waals surface area contributed by atoms with E-state index in [0.29, 0.717) is 19.0 Å². The number of aliphatic carboxylic acids is 1. The Morgan fingerprint density at radius 1 is 1.40 bits per heavy atom. The van der Waals surface area contributed by atoms with E-state index in [9.17, 15) is 9.59 Å². The van der Waals surface area contributed by atoms with E-state index < -0.39 is 18.0 Å². The van der Waals surface area contributed by atoms with Gasteiger partial charge >= 0.3 is 12.0 Å². The van der Waals surface area contributed by atoms with Crippen LogP contribution in [-0.2, 0) is 4.79 Å². The molecule has 6 nitrogen and oxygen atoms in total. The van der Waals surface area contributed by atoms with Crippen LogP contribution in [0.25, 0.3) is 0 Å². The molecular formula is C14H27N3O3. The van der Waals surface area contributed by atoms with E-state index in [4.69, 9.17) is 5.11 Å². The van der Waals surface area contributed by atoms with Crippen molar-refractivity contribution in [1.82, 2.24) is 15.5 Å². The zero-order valence-electron chi connectivity index (χ0n) is 12.7. The summed E-state index contributed by atoms with van der Waals surface area (Å²) in [6, 6.07) is -0.297. The maximum Gasteiger partial charge on any atom is 0.326 e. The first-order chi connectivity index (χ1) is 9.45. The number of carbonyl (C=O) groups excluding carboxylic acids is 1. The summed E-state index contributed by atoms with van der Waals surface area (Å²) in [6.07, 6.45) is 4.63. The molecule has 0 aliphatic heterocycles. The predicted molar refractivity (Wildman–Crippen MR) is 77.7 cm³/mol. The van der Waals surface area contributed by atoms with Gasteiger partial charge in [0.25, 0.3) is 0 Å². The van der Waals surface area contributed by atoms with Crippen molar-refractivity contribution in [3.8, 4) is 0 Å². The number of carboxylic acids is 1. The lowest BCUT2D eigenvalue weighted by molar-refractivity contribution is -0.139. The fourth-order valence-corrected chi connectivity index (χ4v) is 2.10. The van der Waals surface area contributed by atoms with Gasteiger partial charge in [-0.15, -0.1) is 0 Å². The minimum atomic E-state index is -0.975. The summed E-state index contributed by atoms with van der Waals surface area (Å²) in [5.41, 5.74) is 0. The first kappa shape index (κ1) is 16.8. The number of carboxylic acid groups (broad SMARTS) is 1. The highest BCUT2D eigenvalue weighted by atomic mass is 16.4. The molecule has 2 amide bonds. The number of hydrogen-bond acceptors (Lipinski definition) is 3. The van der Waals surface area contributed by atoms with E-state index in [1.54, 1.807) is 0 Å². The van der Waals surface area contributed by atoms with E-state index in [-0.39, 0.29) is 6.04 Å². The predicted octanol–water partition coefficient (Wildman–Crippen LogP) is 1.41. The van der Waals surface area contributed by atoms with Crippen LogP contribution < -0.4 is 10.6 Å². The van der Waals surface area contributed by atoms with Gasteiger partial charge in [-0.2, -0.15) is 0 Å². The third-order valence-electron chi connectivity index (χ3n) is 3.83. The molecule has 1 saturated carbocycles. The zero-order chi connectivity index (χ0) is 15.1. The van der Waals surface area contributed by atoms with Gasteiger partial charge in [-0.3, -0.25) is 4.90 Å². The fourth-order valence-electron chi connectivity index (χ4n) is 2.10. The van der Waals surface area contributed by atoms with Gasteiger partial charge in [-0.05, 0) is 33.2 Å². The van der Waals surface area contributed by atoms with Crippen LogP contribution in [0, 0.1) is 0 Å². The zero-order valence-corrected chi connectivity index (χ0v) is 12.7. The second kappa shape index (κ2) is 8.09. The number of unbranched alkanes of at least 4 members (excludes halogenated alkanes) is 1. The molecule has 116 valence electrons. The second-order valence-electron chi connectivity index (χ2n) is 5.63. The molecule has 2 atom stereocenters. The number of nitrogens with one attached hydrogen (secondary N) is 2. The lowest BCUT2D eigenvalue weighted by Gasteiger charge is -2.25. The van der Waals surface area contributed by atoms with Crippen molar-refractivity contribution < 1.29 is 14.7 Å². The Kier molecular flexibility index (Phi) is 6.78. The third kappa shape index (κ3) is 5.77. The van der Waals surface area contributed by atoms with E-state index in [1.165, 1.54) is 12.8 Å². The highest BCUT2D eigenvalue weighted by molar-refractivity contribution is 5.82. The van der Waals surface area contributed by atoms with Crippen molar-refractivity contribution in [1.29, 1.82) is 0 Å². The van der Waals surface area contributed by atoms with E-state index in [2.05, 4.69) is 29.5 Å². The van der Waals surface area contributed by atoms with Crippen LogP contribution in [0.2, 0.25) is 0 Å². The maximum absolute atomic E-state index is 11.7. The van der Waals surface area contributed by atoms with Gasteiger partial charge in [0.1, 0.15) is 6.04 Å². The number of urea groups is 1. The molecule has 0 radical (unpaired) electrons. The van der Waals surface area contributed by atoms with E-state index in [0.717, 1.165) is 12.8 Å². The minimum absolute atomic E-state index is 0.257. The van der Waals surface area contributed by atoms with Crippen LogP contribution in [0.3, 0.4) is 0 Å². The van der Waals surface area contributed by atoms with Crippen molar-refractivity contribution >= 4 is 12.0 Å². The lowest BCUT2D eigenvalue weighted by Crippen LogP contribution is -2.49. The number of amides is 2. The lowest BCUT2D eigenvalue weighted by atomic mass is 10.1. The molecule has 1 rings (SSSR count). The van der Waals surface area contributed by atoms with Crippen LogP contribution in [0.4, 0.5) is 4.79 Å². The molecule has 0 aromatic carbocycles. The standard InChI is InChI=1S/C14H27N3O3/c1-4-5-6-12(13(18)19)16-14(20)15-9-10(2)17(3)11-7-8-11/h10-12H,4-9H2,1-3H3,(H,18,19)(H2,15,16,20). The van der Waals surface area contributed by atoms with Crippen LogP contribution in [0.15, 0.2) is 0 Å². The monoisotopic (exact) mass is 285 g/mol. The minimum Gasteiger partial charge on any atom is -0.480 e. The highest BCUT2D eigenvalue weighted by Crippen LogP contribution is 2.26. The highest BCUT2D eigenvalue weighted by Gasteiger charge is 2.29. The van der Waals surface area contributed by atoms with Crippen molar-refractivity contribution in [3.63, 3.8) is 0 Å². The molecule has 0 bridgehead atoms. The smallest absolute Gasteiger partial charge is 0.326 e. The molecule has 6 heteroatoms. The second-order valence-corrected chi connectivity index (χ2v) is 5.63. The van der Waals surface area contributed by atoms with Crippen LogP contribution >= 0.6 is 0 Å². The van der Waals surface area contributed by atoms with Crippen molar-refractivity contribution in [3.05, 3.63) is 0 Å². The average molecular weight is 285 g/mol. The summed E-state index contributed by atoms with van der Waals surface area (Å²) in [5, 5.41) is 14.3. The molecule has 1 aliphatic rings. The van der Waals surface area contributed by atoms with E-state index >= 15 is 0 Å². The van der Waals surface area contributed by atoms with Gasteiger partial charge in [0, 0.05) is 18.6 Å². The van der Waals surface area contributed by atoms with E-state index in [1.807, 2.05) is 6.92 Å². The normalized spacial score (nSPS) is 17.6. The van der Waals surface area contributed by atoms with Gasteiger partial charge in [-0.25, -0.2) is 9.59 Å². The van der Waals surface area contributed by atoms with Crippen molar-refractivity contribution in [2.45, 2.75) is 64.1 Å². The van der Waals surface area contributed by atoms with Gasteiger partial charge < -0.3 is 15.7 Å². The molecule has 3 N–H and O–H groups in total. The first-order valence-electron chi connectivity index (χ1n) is 7.44. The summed E-state index contributed by atoms with van der Waals surface area (Å²) in [5.74, 6) is -0.975. The Balaban J connectivity index is 2.27. The third-order valence-corrected chi connectivity index (χ3v) is 3.83. The van der Waals surface area contributed by atoms with Crippen molar-refractivity contribution in [2.75, 3.05) is 13.6 Å². The number of likely N-dealkylation sites (N-methyl/N-ethyl adjacent to an activating group) is 1. The Morgan fingerprint density at radius 3 is 2.55 bits per heavy atom. The molecule has 0 heterocycles. The Hall–Kier alpha value is -1.30. The summed E-state index contributed by atoms with van der Waals surface area (Å²) in [7, 11) is 2.06. The molecule has 1 fully saturated rings. The van der Waals surface area contributed by atoms with Gasteiger partial charge in [0.2, 0.25) is 0 Å². The van der Waals surface area contributed by atoms with Crippen LogP contribution in [-0.4, -0.2) is 53.7 Å². The molecular weight excluding hydrogens is 258 g/mol. The van der Waals surface area contributed by atoms with Crippen LogP contribution in [0.1, 0.15) is 46.0 Å². The number of carbonyl (C=O) groups is 2. The molecule has 0 saturated heterocycles. The molecule has 2 unspecified atom stereocenters. The average Bonchev–Trinajstić information content (AvgIpc) is 3.23. The summed E-state index contributed by atoms with van der Waals surface area (Å²) in [4.78, 5) is 25.0. The Bertz CT molecular complexity index is 332. The molecule has 0 aromatic heterocycles. The maximum atomic E-state index is 11.7.